The minimum Gasteiger partial charge on any atom is -0.463 e. The first-order chi connectivity index (χ1) is 33.2. The summed E-state index contributed by atoms with van der Waals surface area (Å²) in [5, 5.41) is 75.0. The van der Waals surface area contributed by atoms with Crippen LogP contribution in [-0.2, 0) is 42.8 Å². The van der Waals surface area contributed by atoms with Crippen LogP contribution in [-0.4, -0.2) is 153 Å². The molecule has 3 aliphatic heterocycles. The summed E-state index contributed by atoms with van der Waals surface area (Å²) in [5.41, 5.74) is 2.50. The van der Waals surface area contributed by atoms with Crippen LogP contribution in [0.25, 0.3) is 0 Å². The number of carbonyl (C=O) groups excluding carboxylic acids is 3. The van der Waals surface area contributed by atoms with E-state index in [0.29, 0.717) is 37.0 Å². The molecule has 0 amide bonds. The topological polar surface area (TPSA) is 251 Å². The van der Waals surface area contributed by atoms with E-state index in [1.54, 1.807) is 27.7 Å². The van der Waals surface area contributed by atoms with Gasteiger partial charge < -0.3 is 64.2 Å². The zero-order chi connectivity index (χ0) is 51.9. The molecule has 16 atom stereocenters. The van der Waals surface area contributed by atoms with Crippen molar-refractivity contribution < 1.29 is 78.6 Å². The number of aliphatic hydroxyl groups is 7. The fourth-order valence-corrected chi connectivity index (χ4v) is 9.35. The molecule has 3 aliphatic rings. The molecule has 0 saturated carbocycles. The Kier molecular flexibility index (Phi) is 28.5. The number of hydrogen-bond donors (Lipinski definition) is 7. The van der Waals surface area contributed by atoms with E-state index in [1.807, 2.05) is 13.8 Å². The summed E-state index contributed by atoms with van der Waals surface area (Å²) in [5.74, 6) is -3.11. The first-order valence-electron chi connectivity index (χ1n) is 26.4. The second kappa shape index (κ2) is 32.4. The molecule has 0 aromatic rings. The van der Waals surface area contributed by atoms with Crippen molar-refractivity contribution in [2.24, 2.45) is 23.7 Å². The quantitative estimate of drug-likeness (QED) is 0.00959. The molecule has 16 nitrogen and oxygen atoms in total. The predicted molar refractivity (Wildman–Crippen MR) is 264 cm³/mol. The van der Waals surface area contributed by atoms with Crippen molar-refractivity contribution in [1.82, 2.24) is 0 Å². The predicted octanol–water partition coefficient (Wildman–Crippen LogP) is 6.11. The number of esters is 3. The largest absolute Gasteiger partial charge is 0.463 e. The summed E-state index contributed by atoms with van der Waals surface area (Å²) >= 11 is 0. The first-order valence-corrected chi connectivity index (χ1v) is 26.4. The van der Waals surface area contributed by atoms with Crippen LogP contribution in [0.1, 0.15) is 164 Å². The van der Waals surface area contributed by atoms with Gasteiger partial charge in [0.15, 0.2) is 0 Å². The maximum atomic E-state index is 13.0. The smallest absolute Gasteiger partial charge is 0.330 e. The highest BCUT2D eigenvalue weighted by molar-refractivity contribution is 5.83. The summed E-state index contributed by atoms with van der Waals surface area (Å²) in [7, 11) is 0. The Morgan fingerprint density at radius 3 is 1.56 bits per heavy atom. The maximum Gasteiger partial charge on any atom is 0.330 e. The molecule has 0 spiro atoms. The number of unbranched alkanes of at least 4 members (excludes halogenated alkanes) is 10. The van der Waals surface area contributed by atoms with Gasteiger partial charge in [0.05, 0.1) is 81.4 Å². The molecule has 0 radical (unpaired) electrons. The molecule has 7 N–H and O–H groups in total. The zero-order valence-corrected chi connectivity index (χ0v) is 43.5. The van der Waals surface area contributed by atoms with Crippen LogP contribution in [0.2, 0.25) is 0 Å². The first kappa shape index (κ1) is 61.5. The van der Waals surface area contributed by atoms with Crippen molar-refractivity contribution in [3.05, 3.63) is 35.5 Å². The highest BCUT2D eigenvalue weighted by Crippen LogP contribution is 2.39. The Morgan fingerprint density at radius 1 is 0.614 bits per heavy atom. The summed E-state index contributed by atoms with van der Waals surface area (Å²) < 4.78 is 34.1. The minimum absolute atomic E-state index is 0.00295. The van der Waals surface area contributed by atoms with E-state index < -0.39 is 90.8 Å². The van der Waals surface area contributed by atoms with E-state index in [4.69, 9.17) is 28.4 Å². The van der Waals surface area contributed by atoms with Gasteiger partial charge in [-0.1, -0.05) is 81.9 Å². The summed E-state index contributed by atoms with van der Waals surface area (Å²) in [4.78, 5) is 37.9. The van der Waals surface area contributed by atoms with Gasteiger partial charge in [0.1, 0.15) is 18.3 Å². The van der Waals surface area contributed by atoms with Gasteiger partial charge >= 0.3 is 17.9 Å². The van der Waals surface area contributed by atoms with Crippen LogP contribution in [0.15, 0.2) is 35.5 Å². The third kappa shape index (κ3) is 22.6. The van der Waals surface area contributed by atoms with Gasteiger partial charge in [-0.25, -0.2) is 9.59 Å². The Morgan fingerprint density at radius 2 is 1.07 bits per heavy atom. The van der Waals surface area contributed by atoms with Crippen molar-refractivity contribution >= 4 is 17.9 Å². The summed E-state index contributed by atoms with van der Waals surface area (Å²) in [6.45, 7) is 17.1. The Labute approximate surface area is 418 Å². The van der Waals surface area contributed by atoms with Gasteiger partial charge in [0, 0.05) is 42.2 Å². The molecule has 3 fully saturated rings. The van der Waals surface area contributed by atoms with Crippen molar-refractivity contribution in [1.29, 1.82) is 0 Å². The van der Waals surface area contributed by atoms with Crippen molar-refractivity contribution in [2.75, 3.05) is 26.4 Å². The van der Waals surface area contributed by atoms with Gasteiger partial charge in [-0.3, -0.25) is 4.79 Å². The van der Waals surface area contributed by atoms with Gasteiger partial charge in [0.25, 0.3) is 0 Å². The molecule has 0 aromatic heterocycles. The summed E-state index contributed by atoms with van der Waals surface area (Å²) in [6.07, 6.45) is 5.78. The monoisotopic (exact) mass is 997 g/mol. The molecule has 404 valence electrons. The molecular formula is C54H92O16. The molecule has 3 rings (SSSR count). The Balaban J connectivity index is 1.31. The van der Waals surface area contributed by atoms with E-state index in [1.165, 1.54) is 31.1 Å². The third-order valence-corrected chi connectivity index (χ3v) is 14.4. The van der Waals surface area contributed by atoms with Crippen LogP contribution >= 0.6 is 0 Å². The molecular weight excluding hydrogens is 905 g/mol. The average Bonchev–Trinajstić information content (AvgIpc) is 4.07. The fraction of sp³-hybridized carbons (Fsp3) is 0.833. The van der Waals surface area contributed by atoms with Crippen molar-refractivity contribution in [3.8, 4) is 0 Å². The molecule has 1 unspecified atom stereocenters. The standard InChI is InChI=1S/C54H92O16/c1-33(2)21-17-13-9-11-15-19-23-65-47(58)27-34(3)25-42-52(63)50(61)40(31-67-42)29-44(49(60)36(5)38(7)55)69-46(57)22-18-14-10-12-16-20-24-66-48(59)28-35(4)26-43-53(64)51(62)41(32-68-43)30-45-54(70-45)37(6)39(8)56/h27-28,36-45,49-56,60-64H,1,9-26,29-32H2,2-8H3/b34-27+,35-28+/t36-,37-,38-,39-,40-,41-,42-,43-,44-,45+,49?,50+,51+,52-,53-,54-/m0/s1. The van der Waals surface area contributed by atoms with Crippen LogP contribution in [0.4, 0.5) is 0 Å². The SMILES string of the molecule is C=C(C)CCCCCCCCOC(=O)/C=C(\C)C[C@@H]1OC[C@H](C[C@H](OC(=O)CCCCCCCCOC(=O)/C=C(\C)C[C@@H]2OC[C@H](C[C@H]3O[C@H]3[C@@H](C)[C@H](C)O)[C@@H](O)[C@H]2O)C(O)[C@@H](C)[C@H](C)O)[C@@H](O)[C@H]1O. The highest BCUT2D eigenvalue weighted by atomic mass is 16.6. The molecule has 70 heavy (non-hydrogen) atoms. The van der Waals surface area contributed by atoms with E-state index in [9.17, 15) is 50.1 Å². The Bertz CT molecular complexity index is 1610. The second-order valence-electron chi connectivity index (χ2n) is 21.0. The lowest BCUT2D eigenvalue weighted by molar-refractivity contribution is -0.183. The van der Waals surface area contributed by atoms with Crippen LogP contribution < -0.4 is 0 Å². The molecule has 3 heterocycles. The highest BCUT2D eigenvalue weighted by Gasteiger charge is 2.48. The van der Waals surface area contributed by atoms with Crippen LogP contribution in [0.3, 0.4) is 0 Å². The van der Waals surface area contributed by atoms with Crippen LogP contribution in [0.5, 0.6) is 0 Å². The zero-order valence-electron chi connectivity index (χ0n) is 43.5. The van der Waals surface area contributed by atoms with E-state index in [0.717, 1.165) is 64.2 Å². The number of hydrogen-bond acceptors (Lipinski definition) is 16. The number of carbonyl (C=O) groups is 3. The van der Waals surface area contributed by atoms with Gasteiger partial charge in [-0.05, 0) is 92.4 Å². The van der Waals surface area contributed by atoms with E-state index >= 15 is 0 Å². The van der Waals surface area contributed by atoms with Gasteiger partial charge in [-0.2, -0.15) is 0 Å². The van der Waals surface area contributed by atoms with Gasteiger partial charge in [0.2, 0.25) is 0 Å². The lowest BCUT2D eigenvalue weighted by Gasteiger charge is -2.40. The molecule has 16 heteroatoms. The van der Waals surface area contributed by atoms with Crippen molar-refractivity contribution in [2.45, 2.75) is 237 Å². The number of aliphatic hydroxyl groups excluding tert-OH is 7. The third-order valence-electron chi connectivity index (χ3n) is 14.4. The molecule has 0 aromatic carbocycles. The lowest BCUT2D eigenvalue weighted by atomic mass is 9.83. The molecule has 3 saturated heterocycles. The molecule has 0 aliphatic carbocycles. The van der Waals surface area contributed by atoms with E-state index in [-0.39, 0.29) is 69.5 Å². The number of rotatable bonds is 34. The van der Waals surface area contributed by atoms with Crippen molar-refractivity contribution in [3.63, 3.8) is 0 Å². The van der Waals surface area contributed by atoms with Gasteiger partial charge in [-0.15, -0.1) is 6.58 Å². The van der Waals surface area contributed by atoms with Crippen LogP contribution in [0, 0.1) is 23.7 Å². The number of ether oxygens (including phenoxy) is 6. The number of allylic oxidation sites excluding steroid dienone is 1. The minimum atomic E-state index is -1.30. The fourth-order valence-electron chi connectivity index (χ4n) is 9.35. The maximum absolute atomic E-state index is 13.0. The average molecular weight is 997 g/mol. The summed E-state index contributed by atoms with van der Waals surface area (Å²) in [6, 6.07) is 0. The number of epoxide rings is 1. The normalized spacial score (nSPS) is 28.8. The Hall–Kier alpha value is -2.77. The lowest BCUT2D eigenvalue weighted by Crippen LogP contribution is -2.52. The van der Waals surface area contributed by atoms with E-state index in [2.05, 4.69) is 6.58 Å². The second-order valence-corrected chi connectivity index (χ2v) is 21.0. The molecule has 0 bridgehead atoms.